The SMILES string of the molecule is Cc1cc(=O)oc2cc(OCc3ccc(OSO)cc3OCCCCN)ccc12. The number of hydrogen-bond acceptors (Lipinski definition) is 8. The minimum atomic E-state index is -0.391. The van der Waals surface area contributed by atoms with Gasteiger partial charge in [0.1, 0.15) is 29.4 Å². The maximum atomic E-state index is 11.6. The number of rotatable bonds is 10. The van der Waals surface area contributed by atoms with Crippen LogP contribution in [0.5, 0.6) is 17.2 Å². The highest BCUT2D eigenvalue weighted by molar-refractivity contribution is 7.89. The average molecular weight is 417 g/mol. The van der Waals surface area contributed by atoms with Gasteiger partial charge in [-0.1, -0.05) is 0 Å². The van der Waals surface area contributed by atoms with Crippen molar-refractivity contribution < 1.29 is 22.6 Å². The summed E-state index contributed by atoms with van der Waals surface area (Å²) in [6.45, 7) is 3.24. The van der Waals surface area contributed by atoms with E-state index in [1.165, 1.54) is 6.07 Å². The molecule has 3 N–H and O–H groups in total. The van der Waals surface area contributed by atoms with Crippen LogP contribution in [0.4, 0.5) is 0 Å². The maximum Gasteiger partial charge on any atom is 0.336 e. The molecule has 2 aromatic carbocycles. The summed E-state index contributed by atoms with van der Waals surface area (Å²) in [6.07, 6.45) is 1.70. The molecule has 3 rings (SSSR count). The van der Waals surface area contributed by atoms with Gasteiger partial charge >= 0.3 is 5.63 Å². The van der Waals surface area contributed by atoms with Crippen LogP contribution < -0.4 is 25.0 Å². The fraction of sp³-hybridized carbons (Fsp3) is 0.286. The zero-order valence-corrected chi connectivity index (χ0v) is 16.9. The molecular formula is C21H23NO6S. The van der Waals surface area contributed by atoms with E-state index < -0.39 is 5.63 Å². The van der Waals surface area contributed by atoms with Crippen LogP contribution in [-0.2, 0) is 6.61 Å². The smallest absolute Gasteiger partial charge is 0.336 e. The number of nitrogens with two attached hydrogens (primary N) is 1. The topological polar surface area (TPSA) is 104 Å². The van der Waals surface area contributed by atoms with Crippen molar-refractivity contribution in [1.82, 2.24) is 0 Å². The molecule has 8 heteroatoms. The third kappa shape index (κ3) is 5.66. The van der Waals surface area contributed by atoms with Crippen LogP contribution in [0.1, 0.15) is 24.0 Å². The summed E-state index contributed by atoms with van der Waals surface area (Å²) in [4.78, 5) is 11.6. The minimum Gasteiger partial charge on any atom is -0.493 e. The number of ether oxygens (including phenoxy) is 2. The Bertz CT molecular complexity index is 1020. The van der Waals surface area contributed by atoms with E-state index in [1.807, 2.05) is 25.1 Å². The van der Waals surface area contributed by atoms with Crippen LogP contribution in [0.25, 0.3) is 11.0 Å². The molecule has 1 aromatic heterocycles. The molecule has 29 heavy (non-hydrogen) atoms. The molecule has 1 heterocycles. The molecular weight excluding hydrogens is 394 g/mol. The summed E-state index contributed by atoms with van der Waals surface area (Å²) in [5, 5.41) is 0.865. The molecule has 0 saturated carbocycles. The molecule has 0 aliphatic heterocycles. The first kappa shape index (κ1) is 21.0. The van der Waals surface area contributed by atoms with Crippen LogP contribution in [0.2, 0.25) is 0 Å². The van der Waals surface area contributed by atoms with E-state index in [0.29, 0.717) is 36.0 Å². The number of fused-ring (bicyclic) bond motifs is 1. The van der Waals surface area contributed by atoms with Gasteiger partial charge in [0.2, 0.25) is 12.3 Å². The lowest BCUT2D eigenvalue weighted by molar-refractivity contribution is 0.275. The summed E-state index contributed by atoms with van der Waals surface area (Å²) in [7, 11) is 0. The number of aryl methyl sites for hydroxylation is 1. The molecule has 0 aliphatic carbocycles. The summed E-state index contributed by atoms with van der Waals surface area (Å²) in [6, 6.07) is 12.1. The van der Waals surface area contributed by atoms with E-state index in [4.69, 9.17) is 28.4 Å². The second-order valence-electron chi connectivity index (χ2n) is 6.47. The lowest BCUT2D eigenvalue weighted by atomic mass is 10.1. The molecule has 0 unspecified atom stereocenters. The Kier molecular flexibility index (Phi) is 7.40. The molecule has 3 aromatic rings. The fourth-order valence-corrected chi connectivity index (χ4v) is 3.06. The number of hydrogen-bond donors (Lipinski definition) is 2. The molecule has 0 saturated heterocycles. The highest BCUT2D eigenvalue weighted by Gasteiger charge is 2.10. The Balaban J connectivity index is 1.76. The van der Waals surface area contributed by atoms with Crippen molar-refractivity contribution >= 4 is 23.3 Å². The van der Waals surface area contributed by atoms with Gasteiger partial charge in [-0.3, -0.25) is 4.55 Å². The molecule has 0 aliphatic rings. The summed E-state index contributed by atoms with van der Waals surface area (Å²) in [5.41, 5.74) is 7.28. The Hall–Kier alpha value is -2.68. The van der Waals surface area contributed by atoms with Crippen molar-refractivity contribution in [2.45, 2.75) is 26.4 Å². The van der Waals surface area contributed by atoms with Crippen molar-refractivity contribution in [1.29, 1.82) is 0 Å². The van der Waals surface area contributed by atoms with E-state index in [1.54, 1.807) is 18.2 Å². The van der Waals surface area contributed by atoms with E-state index in [-0.39, 0.29) is 18.9 Å². The second kappa shape index (κ2) is 10.2. The Labute approximate surface area is 172 Å². The van der Waals surface area contributed by atoms with E-state index >= 15 is 0 Å². The lowest BCUT2D eigenvalue weighted by Crippen LogP contribution is -2.06. The third-order valence-corrected chi connectivity index (χ3v) is 4.61. The summed E-state index contributed by atoms with van der Waals surface area (Å²) in [5.74, 6) is 1.65. The largest absolute Gasteiger partial charge is 0.493 e. The quantitative estimate of drug-likeness (QED) is 0.286. The van der Waals surface area contributed by atoms with Gasteiger partial charge in [-0.05, 0) is 56.1 Å². The Morgan fingerprint density at radius 1 is 1.07 bits per heavy atom. The van der Waals surface area contributed by atoms with Gasteiger partial charge in [0.15, 0.2) is 0 Å². The van der Waals surface area contributed by atoms with Crippen molar-refractivity contribution in [3.63, 3.8) is 0 Å². The third-order valence-electron chi connectivity index (χ3n) is 4.35. The van der Waals surface area contributed by atoms with Crippen LogP contribution >= 0.6 is 12.3 Å². The van der Waals surface area contributed by atoms with E-state index in [2.05, 4.69) is 0 Å². The van der Waals surface area contributed by atoms with Crippen molar-refractivity contribution in [2.75, 3.05) is 13.2 Å². The number of unbranched alkanes of at least 4 members (excludes halogenated alkanes) is 1. The average Bonchev–Trinajstić information content (AvgIpc) is 2.70. The summed E-state index contributed by atoms with van der Waals surface area (Å²) >= 11 is 0.276. The van der Waals surface area contributed by atoms with Crippen LogP contribution in [-0.4, -0.2) is 17.7 Å². The van der Waals surface area contributed by atoms with Gasteiger partial charge in [-0.15, -0.1) is 0 Å². The molecule has 0 atom stereocenters. The minimum absolute atomic E-state index is 0.250. The van der Waals surface area contributed by atoms with Crippen LogP contribution in [0.15, 0.2) is 51.7 Å². The van der Waals surface area contributed by atoms with Gasteiger partial charge in [-0.2, -0.15) is 0 Å². The van der Waals surface area contributed by atoms with Crippen LogP contribution in [0, 0.1) is 6.92 Å². The fourth-order valence-electron chi connectivity index (χ4n) is 2.87. The molecule has 0 radical (unpaired) electrons. The van der Waals surface area contributed by atoms with E-state index in [9.17, 15) is 4.79 Å². The van der Waals surface area contributed by atoms with Gasteiger partial charge in [0, 0.05) is 29.1 Å². The lowest BCUT2D eigenvalue weighted by Gasteiger charge is -2.14. The highest BCUT2D eigenvalue weighted by Crippen LogP contribution is 2.29. The van der Waals surface area contributed by atoms with E-state index in [0.717, 1.165) is 29.4 Å². The predicted octanol–water partition coefficient (Wildman–Crippen LogP) is 4.30. The van der Waals surface area contributed by atoms with Gasteiger partial charge in [-0.25, -0.2) is 4.79 Å². The zero-order chi connectivity index (χ0) is 20.6. The predicted molar refractivity (Wildman–Crippen MR) is 113 cm³/mol. The molecule has 0 amide bonds. The van der Waals surface area contributed by atoms with Crippen molar-refractivity contribution in [3.8, 4) is 17.2 Å². The van der Waals surface area contributed by atoms with Crippen molar-refractivity contribution in [2.24, 2.45) is 5.73 Å². The van der Waals surface area contributed by atoms with Gasteiger partial charge in [0.25, 0.3) is 0 Å². The molecule has 0 spiro atoms. The normalized spacial score (nSPS) is 10.9. The Morgan fingerprint density at radius 2 is 1.90 bits per heavy atom. The molecule has 154 valence electrons. The Morgan fingerprint density at radius 3 is 2.69 bits per heavy atom. The zero-order valence-electron chi connectivity index (χ0n) is 16.1. The molecule has 7 nitrogen and oxygen atoms in total. The maximum absolute atomic E-state index is 11.6. The first-order valence-electron chi connectivity index (χ1n) is 9.22. The molecule has 0 fully saturated rings. The molecule has 0 bridgehead atoms. The monoisotopic (exact) mass is 417 g/mol. The first-order chi connectivity index (χ1) is 14.1. The summed E-state index contributed by atoms with van der Waals surface area (Å²) < 4.78 is 30.9. The van der Waals surface area contributed by atoms with Crippen molar-refractivity contribution in [3.05, 3.63) is 64.0 Å². The van der Waals surface area contributed by atoms with Gasteiger partial charge in [0.05, 0.1) is 6.61 Å². The second-order valence-corrected chi connectivity index (χ2v) is 6.78. The highest BCUT2D eigenvalue weighted by atomic mass is 32.2. The van der Waals surface area contributed by atoms with Gasteiger partial charge < -0.3 is 23.8 Å². The standard InChI is InChI=1S/C21H23NO6S/c1-14-10-21(23)27-20-11-16(6-7-18(14)20)26-13-15-4-5-17(28-29-24)12-19(15)25-9-3-2-8-22/h4-7,10-12,24H,2-3,8-9,13,22H2,1H3. The van der Waals surface area contributed by atoms with Crippen LogP contribution in [0.3, 0.4) is 0 Å². The first-order valence-corrected chi connectivity index (χ1v) is 9.92. The number of benzene rings is 2.